The minimum atomic E-state index is 0.520. The summed E-state index contributed by atoms with van der Waals surface area (Å²) in [5.74, 6) is 0. The summed E-state index contributed by atoms with van der Waals surface area (Å²) < 4.78 is 0. The van der Waals surface area contributed by atoms with E-state index in [4.69, 9.17) is 49.8 Å². The molecule has 0 unspecified atom stereocenters. The summed E-state index contributed by atoms with van der Waals surface area (Å²) in [6.07, 6.45) is 10.6. The van der Waals surface area contributed by atoms with E-state index in [2.05, 4.69) is 29.9 Å². The maximum Gasteiger partial charge on any atom is 0.0988 e. The van der Waals surface area contributed by atoms with Gasteiger partial charge in [-0.2, -0.15) is 0 Å². The number of hydrogen-bond acceptors (Lipinski definition) is 16. The fourth-order valence-corrected chi connectivity index (χ4v) is 11.4. The van der Waals surface area contributed by atoms with Crippen molar-refractivity contribution in [1.82, 2.24) is 79.7 Å². The molecular formula is C80H50N16. The molecule has 450 valence electrons. The van der Waals surface area contributed by atoms with E-state index >= 15 is 0 Å². The van der Waals surface area contributed by atoms with E-state index in [1.807, 2.05) is 267 Å². The molecule has 0 aliphatic rings. The Morgan fingerprint density at radius 3 is 0.615 bits per heavy atom. The summed E-state index contributed by atoms with van der Waals surface area (Å²) in [4.78, 5) is 81.6. The molecule has 16 heteroatoms. The molecule has 0 atom stereocenters. The van der Waals surface area contributed by atoms with Gasteiger partial charge in [0.2, 0.25) is 0 Å². The Labute approximate surface area is 551 Å². The van der Waals surface area contributed by atoms with Crippen LogP contribution >= 0.6 is 0 Å². The van der Waals surface area contributed by atoms with Gasteiger partial charge < -0.3 is 0 Å². The second-order valence-electron chi connectivity index (χ2n) is 22.1. The van der Waals surface area contributed by atoms with Crippen LogP contribution in [0.5, 0.6) is 0 Å². The van der Waals surface area contributed by atoms with E-state index < -0.39 is 0 Å². The fourth-order valence-electron chi connectivity index (χ4n) is 11.4. The summed E-state index contributed by atoms with van der Waals surface area (Å²) in [6, 6.07) is 86.1. The zero-order chi connectivity index (χ0) is 64.0. The van der Waals surface area contributed by atoms with Crippen LogP contribution in [0.2, 0.25) is 0 Å². The first kappa shape index (κ1) is 57.6. The maximum absolute atomic E-state index is 5.61. The van der Waals surface area contributed by atoms with Gasteiger partial charge in [-0.15, -0.1) is 0 Å². The lowest BCUT2D eigenvalue weighted by Crippen LogP contribution is -2.02. The molecule has 16 heterocycles. The Hall–Kier alpha value is -13.6. The molecule has 16 rings (SSSR count). The van der Waals surface area contributed by atoms with Gasteiger partial charge in [-0.25, -0.2) is 49.8 Å². The van der Waals surface area contributed by atoms with Crippen LogP contribution in [0.25, 0.3) is 170 Å². The minimum Gasteiger partial charge on any atom is -0.255 e. The predicted octanol–water partition coefficient (Wildman–Crippen LogP) is 17.0. The van der Waals surface area contributed by atoms with Crippen LogP contribution in [0, 0.1) is 0 Å². The first-order valence-corrected chi connectivity index (χ1v) is 30.9. The fraction of sp³-hybridized carbons (Fsp3) is 0. The molecule has 0 bridgehead atoms. The van der Waals surface area contributed by atoms with E-state index in [0.29, 0.717) is 131 Å². The predicted molar refractivity (Wildman–Crippen MR) is 373 cm³/mol. The molecule has 0 fully saturated rings. The highest BCUT2D eigenvalue weighted by molar-refractivity contribution is 5.87. The number of pyridine rings is 16. The molecule has 0 aliphatic carbocycles. The van der Waals surface area contributed by atoms with E-state index in [0.717, 1.165) is 39.5 Å². The highest BCUT2D eigenvalue weighted by Crippen LogP contribution is 2.40. The van der Waals surface area contributed by atoms with Crippen LogP contribution in [0.15, 0.2) is 304 Å². The van der Waals surface area contributed by atoms with Crippen molar-refractivity contribution < 1.29 is 0 Å². The van der Waals surface area contributed by atoms with Crippen LogP contribution < -0.4 is 0 Å². The van der Waals surface area contributed by atoms with Gasteiger partial charge in [0, 0.05) is 59.4 Å². The molecule has 16 aromatic rings. The summed E-state index contributed by atoms with van der Waals surface area (Å²) >= 11 is 0. The van der Waals surface area contributed by atoms with Gasteiger partial charge in [0.25, 0.3) is 0 Å². The zero-order valence-corrected chi connectivity index (χ0v) is 51.0. The first-order chi connectivity index (χ1) is 47.5. The van der Waals surface area contributed by atoms with Crippen LogP contribution in [-0.2, 0) is 0 Å². The molecule has 0 radical (unpaired) electrons. The summed E-state index contributed by atoms with van der Waals surface area (Å²) in [5.41, 5.74) is 19.8. The second kappa shape index (κ2) is 25.9. The summed E-state index contributed by atoms with van der Waals surface area (Å²) in [6.45, 7) is 0. The molecule has 0 saturated carbocycles. The lowest BCUT2D eigenvalue weighted by molar-refractivity contribution is 1.18. The Bertz CT molecular complexity index is 4930. The molecule has 0 amide bonds. The number of hydrogen-bond donors (Lipinski definition) is 0. The second-order valence-corrected chi connectivity index (χ2v) is 22.1. The zero-order valence-electron chi connectivity index (χ0n) is 51.0. The van der Waals surface area contributed by atoms with Gasteiger partial charge in [-0.05, 0) is 194 Å². The third-order valence-corrected chi connectivity index (χ3v) is 15.9. The standard InChI is InChI=1S/C80H50N16/c1-7-43-81-59(19-1)65-28-13-25-56(87-65)52-37-40-55(94-78(52)73-34-16-31-68(90-73)62-22-4-10-46-84-62)51-49-76(71-41-38-53(57-26-14-29-66(88-57)60-20-2-8-44-82-60)79(95-71)74-35-17-32-69(91-74)63-23-5-11-47-85-63)93-77(50-51)72-42-39-54(58-27-15-30-67(89-58)61-21-3-9-45-83-61)80(96-72)75-36-18-33-70(92-75)64-24-6-12-48-86-64/h1-50H. The lowest BCUT2D eigenvalue weighted by Gasteiger charge is -2.16. The van der Waals surface area contributed by atoms with Crippen LogP contribution in [0.3, 0.4) is 0 Å². The molecular weight excluding hydrogens is 1180 g/mol. The van der Waals surface area contributed by atoms with E-state index in [9.17, 15) is 0 Å². The number of nitrogens with zero attached hydrogens (tertiary/aromatic N) is 16. The van der Waals surface area contributed by atoms with Crippen molar-refractivity contribution in [2.45, 2.75) is 0 Å². The topological polar surface area (TPSA) is 206 Å². The van der Waals surface area contributed by atoms with Crippen LogP contribution in [0.1, 0.15) is 0 Å². The maximum atomic E-state index is 5.61. The largest absolute Gasteiger partial charge is 0.255 e. The third-order valence-electron chi connectivity index (χ3n) is 15.9. The Morgan fingerprint density at radius 1 is 0.135 bits per heavy atom. The molecule has 0 aliphatic heterocycles. The third kappa shape index (κ3) is 12.0. The molecule has 96 heavy (non-hydrogen) atoms. The first-order valence-electron chi connectivity index (χ1n) is 30.9. The minimum absolute atomic E-state index is 0.520. The van der Waals surface area contributed by atoms with Crippen molar-refractivity contribution in [2.24, 2.45) is 0 Å². The van der Waals surface area contributed by atoms with Crippen molar-refractivity contribution in [3.8, 4) is 170 Å². The van der Waals surface area contributed by atoms with Gasteiger partial charge in [0.1, 0.15) is 0 Å². The van der Waals surface area contributed by atoms with Crippen molar-refractivity contribution in [2.75, 3.05) is 0 Å². The Kier molecular flexibility index (Phi) is 15.6. The summed E-state index contributed by atoms with van der Waals surface area (Å²) in [5, 5.41) is 0. The normalized spacial score (nSPS) is 11.1. The number of rotatable bonds is 15. The molecule has 0 spiro atoms. The van der Waals surface area contributed by atoms with Gasteiger partial charge in [0.05, 0.1) is 148 Å². The van der Waals surface area contributed by atoms with Gasteiger partial charge in [0.15, 0.2) is 0 Å². The number of aromatic nitrogens is 16. The average Bonchev–Trinajstić information content (AvgIpc) is 0.785. The lowest BCUT2D eigenvalue weighted by atomic mass is 10.00. The van der Waals surface area contributed by atoms with Crippen molar-refractivity contribution in [3.05, 3.63) is 304 Å². The SMILES string of the molecule is c1ccc(-c2cccc(-c3ccc(-c4cc(-c5ccc(-c6cccc(-c7ccccn7)n6)c(-c6cccc(-c7ccccn7)n6)n5)nc(-c5ccc(-c6cccc(-c7ccccn7)n6)c(-c6cccc(-c7ccccn7)n6)n5)c4)nc3-c3cccc(-c4ccccn4)n3)n2)nc1. The quantitative estimate of drug-likeness (QED) is 0.0935. The van der Waals surface area contributed by atoms with Gasteiger partial charge in [-0.1, -0.05) is 72.8 Å². The Morgan fingerprint density at radius 2 is 0.344 bits per heavy atom. The van der Waals surface area contributed by atoms with E-state index in [-0.39, 0.29) is 0 Å². The average molecular weight is 1240 g/mol. The van der Waals surface area contributed by atoms with Crippen LogP contribution in [0.4, 0.5) is 0 Å². The summed E-state index contributed by atoms with van der Waals surface area (Å²) in [7, 11) is 0. The molecule has 16 aromatic heterocycles. The highest BCUT2D eigenvalue weighted by atomic mass is 14.9. The van der Waals surface area contributed by atoms with Crippen molar-refractivity contribution in [3.63, 3.8) is 0 Å². The van der Waals surface area contributed by atoms with Gasteiger partial charge in [-0.3, -0.25) is 29.9 Å². The monoisotopic (exact) mass is 1230 g/mol. The molecule has 0 aromatic carbocycles. The molecule has 0 N–H and O–H groups in total. The van der Waals surface area contributed by atoms with Crippen molar-refractivity contribution >= 4 is 0 Å². The molecule has 0 saturated heterocycles. The van der Waals surface area contributed by atoms with Crippen LogP contribution in [-0.4, -0.2) is 79.7 Å². The smallest absolute Gasteiger partial charge is 0.0988 e. The highest BCUT2D eigenvalue weighted by Gasteiger charge is 2.23. The Balaban J connectivity index is 0.921. The van der Waals surface area contributed by atoms with E-state index in [1.165, 1.54) is 0 Å². The van der Waals surface area contributed by atoms with E-state index in [1.54, 1.807) is 37.2 Å². The van der Waals surface area contributed by atoms with Crippen molar-refractivity contribution in [1.29, 1.82) is 0 Å². The molecule has 16 nitrogen and oxygen atoms in total. The van der Waals surface area contributed by atoms with Gasteiger partial charge >= 0.3 is 0 Å².